The molecule has 21 heavy (non-hydrogen) atoms. The first-order valence-corrected chi connectivity index (χ1v) is 8.73. The Hall–Kier alpha value is -1.23. The zero-order chi connectivity index (χ0) is 15.8. The van der Waals surface area contributed by atoms with Crippen LogP contribution in [0.2, 0.25) is 0 Å². The number of hydrogen-bond acceptors (Lipinski definition) is 7. The van der Waals surface area contributed by atoms with Gasteiger partial charge in [-0.2, -0.15) is 4.31 Å². The molecule has 1 aliphatic heterocycles. The first kappa shape index (κ1) is 16.1. The highest BCUT2D eigenvalue weighted by molar-refractivity contribution is 7.91. The van der Waals surface area contributed by atoms with Gasteiger partial charge in [0.05, 0.1) is 4.92 Å². The number of sulfonamides is 1. The molecule has 118 valence electrons. The van der Waals surface area contributed by atoms with Crippen molar-refractivity contribution in [1.82, 2.24) is 9.21 Å². The number of nitrogens with zero attached hydrogens (tertiary/aromatic N) is 3. The van der Waals surface area contributed by atoms with Gasteiger partial charge in [0.1, 0.15) is 4.21 Å². The number of thiophene rings is 1. The predicted molar refractivity (Wildman–Crippen MR) is 80.9 cm³/mol. The summed E-state index contributed by atoms with van der Waals surface area (Å²) in [5.74, 6) is 0. The summed E-state index contributed by atoms with van der Waals surface area (Å²) in [5.41, 5.74) is 5.19. The molecule has 8 nitrogen and oxygen atoms in total. The van der Waals surface area contributed by atoms with Gasteiger partial charge in [0.25, 0.3) is 10.0 Å². The molecule has 1 aliphatic rings. The van der Waals surface area contributed by atoms with E-state index in [4.69, 9.17) is 5.73 Å². The van der Waals surface area contributed by atoms with Crippen LogP contribution in [0.15, 0.2) is 10.3 Å². The summed E-state index contributed by atoms with van der Waals surface area (Å²) < 4.78 is 26.7. The fourth-order valence-electron chi connectivity index (χ4n) is 2.47. The summed E-state index contributed by atoms with van der Waals surface area (Å²) in [7, 11) is -1.81. The second-order valence-corrected chi connectivity index (χ2v) is 8.35. The molecule has 2 heterocycles. The van der Waals surface area contributed by atoms with Gasteiger partial charge in [0.2, 0.25) is 0 Å². The van der Waals surface area contributed by atoms with E-state index >= 15 is 0 Å². The minimum absolute atomic E-state index is 0.0666. The molecular weight excluding hydrogens is 316 g/mol. The van der Waals surface area contributed by atoms with E-state index in [-0.39, 0.29) is 20.9 Å². The molecule has 0 bridgehead atoms. The summed E-state index contributed by atoms with van der Waals surface area (Å²) in [5, 5.41) is 10.7. The quantitative estimate of drug-likeness (QED) is 0.651. The number of rotatable bonds is 3. The van der Waals surface area contributed by atoms with Crippen molar-refractivity contribution in [2.24, 2.45) is 0 Å². The van der Waals surface area contributed by atoms with Crippen LogP contribution in [0, 0.1) is 10.1 Å². The van der Waals surface area contributed by atoms with Crippen molar-refractivity contribution in [1.29, 1.82) is 0 Å². The second kappa shape index (κ2) is 5.87. The molecule has 1 unspecified atom stereocenters. The molecule has 1 atom stereocenters. The van der Waals surface area contributed by atoms with E-state index in [1.807, 2.05) is 14.0 Å². The molecule has 0 saturated carbocycles. The third-order valence-electron chi connectivity index (χ3n) is 3.46. The van der Waals surface area contributed by atoms with Crippen LogP contribution in [-0.2, 0) is 10.0 Å². The molecule has 0 radical (unpaired) electrons. The van der Waals surface area contributed by atoms with Crippen LogP contribution in [0.25, 0.3) is 0 Å². The van der Waals surface area contributed by atoms with Crippen molar-refractivity contribution in [2.45, 2.75) is 23.6 Å². The van der Waals surface area contributed by atoms with E-state index in [0.29, 0.717) is 13.1 Å². The van der Waals surface area contributed by atoms with Gasteiger partial charge < -0.3 is 10.6 Å². The fraction of sp³-hybridized carbons (Fsp3) is 0.636. The molecule has 1 fully saturated rings. The molecule has 2 rings (SSSR count). The Morgan fingerprint density at radius 1 is 1.48 bits per heavy atom. The zero-order valence-electron chi connectivity index (χ0n) is 11.9. The Balaban J connectivity index is 2.37. The molecule has 0 aliphatic carbocycles. The molecular formula is C11H18N4O4S2. The number of likely N-dealkylation sites (N-methyl/N-ethyl adjacent to an activating group) is 1. The molecule has 0 amide bonds. The number of anilines is 1. The van der Waals surface area contributed by atoms with Crippen LogP contribution in [0.5, 0.6) is 0 Å². The van der Waals surface area contributed by atoms with Crippen molar-refractivity contribution < 1.29 is 13.3 Å². The highest BCUT2D eigenvalue weighted by Crippen LogP contribution is 2.36. The van der Waals surface area contributed by atoms with E-state index < -0.39 is 14.9 Å². The lowest BCUT2D eigenvalue weighted by molar-refractivity contribution is -0.383. The average Bonchev–Trinajstić information content (AvgIpc) is 2.68. The predicted octanol–water partition coefficient (Wildman–Crippen LogP) is 0.953. The van der Waals surface area contributed by atoms with Crippen LogP contribution < -0.4 is 5.73 Å². The average molecular weight is 334 g/mol. The van der Waals surface area contributed by atoms with Gasteiger partial charge in [-0.1, -0.05) is 11.3 Å². The largest absolute Gasteiger partial charge is 0.385 e. The van der Waals surface area contributed by atoms with Gasteiger partial charge in [0.15, 0.2) is 5.00 Å². The summed E-state index contributed by atoms with van der Waals surface area (Å²) in [6, 6.07) is 0.862. The van der Waals surface area contributed by atoms with Gasteiger partial charge >= 0.3 is 5.69 Å². The summed E-state index contributed by atoms with van der Waals surface area (Å²) >= 11 is 0.746. The van der Waals surface area contributed by atoms with Crippen LogP contribution in [-0.4, -0.2) is 55.3 Å². The van der Waals surface area contributed by atoms with Gasteiger partial charge in [-0.3, -0.25) is 10.1 Å². The Morgan fingerprint density at radius 2 is 2.14 bits per heavy atom. The summed E-state index contributed by atoms with van der Waals surface area (Å²) in [6.07, 6.45) is 0.725. The Kier molecular flexibility index (Phi) is 4.51. The van der Waals surface area contributed by atoms with E-state index in [1.54, 1.807) is 0 Å². The van der Waals surface area contributed by atoms with E-state index in [1.165, 1.54) is 4.31 Å². The second-order valence-electron chi connectivity index (χ2n) is 5.15. The van der Waals surface area contributed by atoms with Crippen LogP contribution >= 0.6 is 11.3 Å². The molecule has 2 N–H and O–H groups in total. The fourth-order valence-corrected chi connectivity index (χ4v) is 5.47. The number of hydrogen-bond donors (Lipinski definition) is 1. The monoisotopic (exact) mass is 334 g/mol. The van der Waals surface area contributed by atoms with Gasteiger partial charge in [-0.05, 0) is 26.9 Å². The minimum atomic E-state index is -3.75. The van der Waals surface area contributed by atoms with Crippen LogP contribution in [0.1, 0.15) is 13.3 Å². The lowest BCUT2D eigenvalue weighted by Gasteiger charge is -2.26. The number of nitrogen functional groups attached to an aromatic ring is 1. The standard InChI is InChI=1S/C11H18N4O4S2/c1-8-7-13(2)4-3-5-14(8)21(18,19)10-6-9(15(16)17)11(12)20-10/h6,8H,3-5,7,12H2,1-2H3. The summed E-state index contributed by atoms with van der Waals surface area (Å²) in [6.45, 7) is 3.69. The third-order valence-corrected chi connectivity index (χ3v) is 6.88. The van der Waals surface area contributed by atoms with Crippen LogP contribution in [0.4, 0.5) is 10.7 Å². The summed E-state index contributed by atoms with van der Waals surface area (Å²) in [4.78, 5) is 12.2. The highest BCUT2D eigenvalue weighted by Gasteiger charge is 2.34. The van der Waals surface area contributed by atoms with Crippen molar-refractivity contribution in [3.05, 3.63) is 16.2 Å². The maximum absolute atomic E-state index is 12.7. The highest BCUT2D eigenvalue weighted by atomic mass is 32.2. The van der Waals surface area contributed by atoms with E-state index in [2.05, 4.69) is 4.90 Å². The Bertz CT molecular complexity index is 643. The number of nitrogens with two attached hydrogens (primary N) is 1. The first-order chi connectivity index (χ1) is 9.73. The van der Waals surface area contributed by atoms with Crippen molar-refractivity contribution in [3.63, 3.8) is 0 Å². The molecule has 0 spiro atoms. The maximum atomic E-state index is 12.7. The van der Waals surface area contributed by atoms with Crippen molar-refractivity contribution in [2.75, 3.05) is 32.4 Å². The Labute approximate surface area is 127 Å². The molecule has 1 aromatic heterocycles. The third kappa shape index (κ3) is 3.18. The smallest absolute Gasteiger partial charge is 0.304 e. The zero-order valence-corrected chi connectivity index (χ0v) is 13.5. The normalized spacial score (nSPS) is 22.1. The van der Waals surface area contributed by atoms with Gasteiger partial charge in [-0.25, -0.2) is 8.42 Å². The first-order valence-electron chi connectivity index (χ1n) is 6.47. The van der Waals surface area contributed by atoms with Gasteiger partial charge in [-0.15, -0.1) is 0 Å². The maximum Gasteiger partial charge on any atom is 0.304 e. The minimum Gasteiger partial charge on any atom is -0.385 e. The molecule has 10 heteroatoms. The van der Waals surface area contributed by atoms with E-state index in [9.17, 15) is 18.5 Å². The van der Waals surface area contributed by atoms with Gasteiger partial charge in [0, 0.05) is 25.2 Å². The van der Waals surface area contributed by atoms with Crippen molar-refractivity contribution >= 4 is 32.0 Å². The SMILES string of the molecule is CC1CN(C)CCCN1S(=O)(=O)c1cc([N+](=O)[O-])c(N)s1. The number of nitro groups is 1. The van der Waals surface area contributed by atoms with E-state index in [0.717, 1.165) is 30.4 Å². The molecule has 1 aromatic rings. The lowest BCUT2D eigenvalue weighted by Crippen LogP contribution is -2.41. The van der Waals surface area contributed by atoms with Crippen LogP contribution in [0.3, 0.4) is 0 Å². The molecule has 0 aromatic carbocycles. The van der Waals surface area contributed by atoms with Crippen molar-refractivity contribution in [3.8, 4) is 0 Å². The lowest BCUT2D eigenvalue weighted by atomic mass is 10.3. The topological polar surface area (TPSA) is 110 Å². The Morgan fingerprint density at radius 3 is 2.71 bits per heavy atom. The molecule has 1 saturated heterocycles.